The van der Waals surface area contributed by atoms with Gasteiger partial charge in [0.1, 0.15) is 0 Å². The highest BCUT2D eigenvalue weighted by Crippen LogP contribution is 2.35. The van der Waals surface area contributed by atoms with Crippen molar-refractivity contribution in [2.45, 2.75) is 39.2 Å². The lowest BCUT2D eigenvalue weighted by Gasteiger charge is -2.21. The molecule has 1 heterocycles. The fourth-order valence-electron chi connectivity index (χ4n) is 2.75. The minimum Gasteiger partial charge on any atom is -0.365 e. The average molecular weight is 258 g/mol. The van der Waals surface area contributed by atoms with Gasteiger partial charge in [0.15, 0.2) is 17.5 Å². The van der Waals surface area contributed by atoms with Crippen LogP contribution in [0.4, 0.5) is 19.0 Å². The van der Waals surface area contributed by atoms with Gasteiger partial charge in [-0.1, -0.05) is 20.3 Å². The van der Waals surface area contributed by atoms with Gasteiger partial charge in [-0.05, 0) is 24.7 Å². The van der Waals surface area contributed by atoms with Crippen molar-refractivity contribution in [3.05, 3.63) is 23.6 Å². The summed E-state index contributed by atoms with van der Waals surface area (Å²) in [6.07, 6.45) is 3.05. The molecule has 1 N–H and O–H groups in total. The molecule has 1 saturated carbocycles. The highest BCUT2D eigenvalue weighted by atomic mass is 19.2. The Morgan fingerprint density at radius 1 is 1.28 bits per heavy atom. The zero-order chi connectivity index (χ0) is 13.3. The Morgan fingerprint density at radius 3 is 2.61 bits per heavy atom. The Labute approximate surface area is 105 Å². The molecule has 2 nitrogen and oxygen atoms in total. The molecule has 1 aromatic rings. The van der Waals surface area contributed by atoms with Crippen molar-refractivity contribution < 1.29 is 13.2 Å². The van der Waals surface area contributed by atoms with Crippen LogP contribution in [0.25, 0.3) is 0 Å². The second kappa shape index (κ2) is 5.16. The highest BCUT2D eigenvalue weighted by molar-refractivity contribution is 5.37. The second-order valence-corrected chi connectivity index (χ2v) is 4.95. The van der Waals surface area contributed by atoms with E-state index in [2.05, 4.69) is 24.1 Å². The van der Waals surface area contributed by atoms with E-state index in [1.165, 1.54) is 0 Å². The van der Waals surface area contributed by atoms with E-state index in [1.807, 2.05) is 0 Å². The maximum atomic E-state index is 13.5. The summed E-state index contributed by atoms with van der Waals surface area (Å²) in [5.41, 5.74) is 0. The molecule has 0 radical (unpaired) electrons. The lowest BCUT2D eigenvalue weighted by molar-refractivity contribution is 0.390. The molecule has 100 valence electrons. The first-order valence-electron chi connectivity index (χ1n) is 6.31. The average Bonchev–Trinajstić information content (AvgIpc) is 2.67. The van der Waals surface area contributed by atoms with Crippen LogP contribution in [0.15, 0.2) is 6.07 Å². The quantitative estimate of drug-likeness (QED) is 0.835. The third-order valence-electron chi connectivity index (χ3n) is 3.96. The molecular weight excluding hydrogens is 241 g/mol. The van der Waals surface area contributed by atoms with E-state index in [1.54, 1.807) is 0 Å². The van der Waals surface area contributed by atoms with Crippen LogP contribution in [-0.4, -0.2) is 11.0 Å². The minimum absolute atomic E-state index is 0.0711. The van der Waals surface area contributed by atoms with Gasteiger partial charge in [-0.15, -0.1) is 0 Å². The summed E-state index contributed by atoms with van der Waals surface area (Å²) in [5.74, 6) is -2.59. The first kappa shape index (κ1) is 13.2. The van der Waals surface area contributed by atoms with Crippen molar-refractivity contribution in [1.82, 2.24) is 4.98 Å². The smallest absolute Gasteiger partial charge is 0.251 e. The summed E-state index contributed by atoms with van der Waals surface area (Å²) >= 11 is 0. The third kappa shape index (κ3) is 2.44. The lowest BCUT2D eigenvalue weighted by atomic mass is 9.93. The summed E-state index contributed by atoms with van der Waals surface area (Å²) in [6, 6.07) is 0.600. The molecule has 5 heteroatoms. The lowest BCUT2D eigenvalue weighted by Crippen LogP contribution is -2.26. The molecule has 0 amide bonds. The largest absolute Gasteiger partial charge is 0.365 e. The van der Waals surface area contributed by atoms with Crippen molar-refractivity contribution in [3.63, 3.8) is 0 Å². The molecule has 0 bridgehead atoms. The fourth-order valence-corrected chi connectivity index (χ4v) is 2.75. The number of hydrogen-bond acceptors (Lipinski definition) is 2. The Balaban J connectivity index is 2.13. The summed E-state index contributed by atoms with van der Waals surface area (Å²) in [7, 11) is 0. The molecule has 1 aliphatic carbocycles. The number of nitrogens with zero attached hydrogens (tertiary/aromatic N) is 1. The number of rotatable bonds is 3. The number of halogens is 3. The van der Waals surface area contributed by atoms with E-state index in [4.69, 9.17) is 0 Å². The molecule has 0 aliphatic heterocycles. The second-order valence-electron chi connectivity index (χ2n) is 4.95. The van der Waals surface area contributed by atoms with Gasteiger partial charge >= 0.3 is 0 Å². The first-order valence-corrected chi connectivity index (χ1v) is 6.31. The van der Waals surface area contributed by atoms with Crippen molar-refractivity contribution in [3.8, 4) is 0 Å². The molecule has 3 unspecified atom stereocenters. The summed E-state index contributed by atoms with van der Waals surface area (Å²) in [5, 5.41) is 2.90. The molecule has 0 aromatic carbocycles. The molecule has 3 atom stereocenters. The maximum Gasteiger partial charge on any atom is 0.251 e. The van der Waals surface area contributed by atoms with E-state index in [-0.39, 0.29) is 11.9 Å². The van der Waals surface area contributed by atoms with E-state index in [0.29, 0.717) is 17.9 Å². The number of anilines is 1. The number of pyridine rings is 1. The van der Waals surface area contributed by atoms with Crippen LogP contribution in [0.1, 0.15) is 33.1 Å². The molecule has 0 saturated heterocycles. The number of nitrogens with one attached hydrogen (secondary N) is 1. The predicted molar refractivity (Wildman–Crippen MR) is 63.7 cm³/mol. The Bertz CT molecular complexity index is 436. The van der Waals surface area contributed by atoms with Gasteiger partial charge in [0.05, 0.1) is 0 Å². The zero-order valence-corrected chi connectivity index (χ0v) is 10.5. The molecule has 18 heavy (non-hydrogen) atoms. The number of hydrogen-bond donors (Lipinski definition) is 1. The van der Waals surface area contributed by atoms with Crippen LogP contribution in [0.2, 0.25) is 0 Å². The van der Waals surface area contributed by atoms with E-state index in [0.717, 1.165) is 19.3 Å². The summed E-state index contributed by atoms with van der Waals surface area (Å²) < 4.78 is 39.2. The molecule has 1 aromatic heterocycles. The molecule has 2 rings (SSSR count). The Kier molecular flexibility index (Phi) is 3.78. The van der Waals surface area contributed by atoms with Crippen LogP contribution in [0.5, 0.6) is 0 Å². The topological polar surface area (TPSA) is 24.9 Å². The van der Waals surface area contributed by atoms with Crippen molar-refractivity contribution in [2.24, 2.45) is 11.8 Å². The van der Waals surface area contributed by atoms with Crippen LogP contribution in [0.3, 0.4) is 0 Å². The van der Waals surface area contributed by atoms with Gasteiger partial charge in [-0.2, -0.15) is 9.37 Å². The highest BCUT2D eigenvalue weighted by Gasteiger charge is 2.32. The van der Waals surface area contributed by atoms with Crippen molar-refractivity contribution >= 4 is 5.82 Å². The van der Waals surface area contributed by atoms with Gasteiger partial charge in [0.25, 0.3) is 5.95 Å². The predicted octanol–water partition coefficient (Wildman–Crippen LogP) is 3.74. The van der Waals surface area contributed by atoms with Crippen molar-refractivity contribution in [2.75, 3.05) is 5.32 Å². The van der Waals surface area contributed by atoms with Gasteiger partial charge < -0.3 is 5.32 Å². The number of aromatic nitrogens is 1. The van der Waals surface area contributed by atoms with Crippen molar-refractivity contribution in [1.29, 1.82) is 0 Å². The van der Waals surface area contributed by atoms with Gasteiger partial charge in [-0.3, -0.25) is 0 Å². The van der Waals surface area contributed by atoms with Crippen LogP contribution in [0, 0.1) is 29.4 Å². The van der Waals surface area contributed by atoms with Gasteiger partial charge in [-0.25, -0.2) is 8.78 Å². The Morgan fingerprint density at radius 2 is 2.00 bits per heavy atom. The monoisotopic (exact) mass is 258 g/mol. The molecule has 1 fully saturated rings. The van der Waals surface area contributed by atoms with Crippen LogP contribution in [-0.2, 0) is 0 Å². The van der Waals surface area contributed by atoms with Crippen LogP contribution < -0.4 is 5.32 Å². The SMILES string of the molecule is CCC1CCC(Nc2nc(F)c(F)cc2F)C1C. The molecule has 1 aliphatic rings. The fraction of sp³-hybridized carbons (Fsp3) is 0.615. The van der Waals surface area contributed by atoms with E-state index in [9.17, 15) is 13.2 Å². The Hall–Kier alpha value is -1.26. The minimum atomic E-state index is -1.27. The zero-order valence-electron chi connectivity index (χ0n) is 10.5. The van der Waals surface area contributed by atoms with Gasteiger partial charge in [0.2, 0.25) is 0 Å². The summed E-state index contributed by atoms with van der Waals surface area (Å²) in [6.45, 7) is 4.22. The van der Waals surface area contributed by atoms with Gasteiger partial charge in [0, 0.05) is 12.1 Å². The third-order valence-corrected chi connectivity index (χ3v) is 3.96. The van der Waals surface area contributed by atoms with Crippen LogP contribution >= 0.6 is 0 Å². The maximum absolute atomic E-state index is 13.5. The van der Waals surface area contributed by atoms with E-state index >= 15 is 0 Å². The molecular formula is C13H17F3N2. The normalized spacial score (nSPS) is 27.5. The standard InChI is InChI=1S/C13H17F3N2/c1-3-8-4-5-11(7(8)2)17-13-10(15)6-9(14)12(16)18-13/h6-8,11H,3-5H2,1-2H3,(H,17,18). The summed E-state index contributed by atoms with van der Waals surface area (Å²) in [4.78, 5) is 3.29. The molecule has 0 spiro atoms. The van der Waals surface area contributed by atoms with E-state index < -0.39 is 17.6 Å². The first-order chi connectivity index (χ1) is 8.52.